The zero-order valence-corrected chi connectivity index (χ0v) is 61.5. The number of hydrogen-bond donors (Lipinski definition) is 0. The van der Waals surface area contributed by atoms with Gasteiger partial charge >= 0.3 is 0 Å². The summed E-state index contributed by atoms with van der Waals surface area (Å²) in [5.41, 5.74) is 18.2. The third-order valence-electron chi connectivity index (χ3n) is 19.5. The number of nitriles is 2. The van der Waals surface area contributed by atoms with Crippen molar-refractivity contribution in [2.75, 3.05) is 9.80 Å². The molecular weight excluding hydrogens is 1290 g/mol. The van der Waals surface area contributed by atoms with E-state index in [0.29, 0.717) is 11.1 Å². The Hall–Kier alpha value is -13.1. The van der Waals surface area contributed by atoms with Gasteiger partial charge < -0.3 is 9.80 Å². The summed E-state index contributed by atoms with van der Waals surface area (Å²) in [5.74, 6) is 28.0. The predicted molar refractivity (Wildman–Crippen MR) is 444 cm³/mol. The molecule has 16 aromatic rings. The van der Waals surface area contributed by atoms with E-state index in [1.807, 2.05) is 36.4 Å². The van der Waals surface area contributed by atoms with E-state index in [-0.39, 0.29) is 0 Å². The lowest BCUT2D eigenvalue weighted by Crippen LogP contribution is -2.38. The van der Waals surface area contributed by atoms with Gasteiger partial charge in [0.15, 0.2) is 0 Å². The highest BCUT2D eigenvalue weighted by Gasteiger charge is 2.26. The lowest BCUT2D eigenvalue weighted by molar-refractivity contribution is 1.28. The van der Waals surface area contributed by atoms with Gasteiger partial charge in [-0.3, -0.25) is 0 Å². The van der Waals surface area contributed by atoms with E-state index in [1.165, 1.54) is 75.4 Å². The highest BCUT2D eigenvalue weighted by molar-refractivity contribution is 6.91. The largest absolute Gasteiger partial charge is 0.311 e. The van der Waals surface area contributed by atoms with Gasteiger partial charge in [-0.1, -0.05) is 218 Å². The number of nitrogens with zero attached hydrogens (tertiary/aromatic N) is 4. The van der Waals surface area contributed by atoms with Crippen molar-refractivity contribution in [1.82, 2.24) is 0 Å². The quantitative estimate of drug-likeness (QED) is 0.0864. The van der Waals surface area contributed by atoms with Crippen LogP contribution in [0, 0.1) is 83.9 Å². The van der Waals surface area contributed by atoms with Crippen LogP contribution >= 0.6 is 0 Å². The van der Waals surface area contributed by atoms with Crippen LogP contribution in [0.3, 0.4) is 0 Å². The summed E-state index contributed by atoms with van der Waals surface area (Å²) in [6.45, 7) is 18.8. The predicted octanol–water partition coefficient (Wildman–Crippen LogP) is 23.2. The average molecular weight is 1360 g/mol. The second kappa shape index (κ2) is 28.1. The van der Waals surface area contributed by atoms with Gasteiger partial charge in [0, 0.05) is 78.6 Å². The molecule has 0 spiro atoms. The summed E-state index contributed by atoms with van der Waals surface area (Å²) in [6.07, 6.45) is 0. The SMILES string of the molecule is Cc1cc(C#Cc2ccc(C#N)cc2)c2ccc3c([Si](C)(C)C)cc(C#Cc4ccc(C#N)cc4)c4ccc1c2c43.Cc1cc(C#Cc2ccc(N(c3ccccc3)c3ccccc3)cc2)c2ccc3c([Si](C)(C)C)cc(C#Cc4ccc(N(c5ccccc5)c5ccccc5)cc4)c4ccc1c2c43. The summed E-state index contributed by atoms with van der Waals surface area (Å²) in [4.78, 5) is 4.55. The zero-order valence-electron chi connectivity index (χ0n) is 59.5. The average Bonchev–Trinajstić information content (AvgIpc) is 0.721. The van der Waals surface area contributed by atoms with Crippen molar-refractivity contribution < 1.29 is 0 Å². The summed E-state index contributed by atoms with van der Waals surface area (Å²) >= 11 is 0. The number of aryl methyl sites for hydroxylation is 2. The fraction of sp³-hybridized carbons (Fsp3) is 0.0816. The van der Waals surface area contributed by atoms with Crippen molar-refractivity contribution in [3.8, 4) is 59.5 Å². The molecule has 0 aliphatic rings. The first-order valence-electron chi connectivity index (χ1n) is 35.2. The van der Waals surface area contributed by atoms with E-state index in [4.69, 9.17) is 10.5 Å². The van der Waals surface area contributed by atoms with Gasteiger partial charge in [-0.15, -0.1) is 0 Å². The Morgan fingerprint density at radius 1 is 0.231 bits per heavy atom. The molecule has 0 saturated heterocycles. The van der Waals surface area contributed by atoms with Crippen LogP contribution in [-0.4, -0.2) is 16.1 Å². The van der Waals surface area contributed by atoms with E-state index >= 15 is 0 Å². The van der Waals surface area contributed by atoms with Gasteiger partial charge in [-0.2, -0.15) is 10.5 Å². The molecule has 0 aliphatic heterocycles. The Kier molecular flexibility index (Phi) is 18.0. The number of hydrogen-bond acceptors (Lipinski definition) is 4. The van der Waals surface area contributed by atoms with Crippen LogP contribution in [0.25, 0.3) is 64.6 Å². The minimum Gasteiger partial charge on any atom is -0.311 e. The molecule has 16 aromatic carbocycles. The molecule has 0 radical (unpaired) electrons. The first kappa shape index (κ1) is 66.7. The molecule has 4 nitrogen and oxygen atoms in total. The van der Waals surface area contributed by atoms with Crippen LogP contribution in [0.2, 0.25) is 39.3 Å². The first-order valence-corrected chi connectivity index (χ1v) is 42.2. The lowest BCUT2D eigenvalue weighted by atomic mass is 9.88. The molecule has 0 heterocycles. The summed E-state index contributed by atoms with van der Waals surface area (Å²) in [6, 6.07) is 106. The van der Waals surface area contributed by atoms with Crippen molar-refractivity contribution in [3.05, 3.63) is 358 Å². The van der Waals surface area contributed by atoms with Gasteiger partial charge in [0.2, 0.25) is 0 Å². The van der Waals surface area contributed by atoms with Crippen LogP contribution in [0.5, 0.6) is 0 Å². The minimum absolute atomic E-state index is 0.630. The molecule has 0 aromatic heterocycles. The zero-order chi connectivity index (χ0) is 71.6. The maximum atomic E-state index is 9.15. The van der Waals surface area contributed by atoms with Gasteiger partial charge in [0.25, 0.3) is 0 Å². The van der Waals surface area contributed by atoms with E-state index in [1.54, 1.807) is 12.1 Å². The van der Waals surface area contributed by atoms with Gasteiger partial charge in [-0.25, -0.2) is 0 Å². The third-order valence-corrected chi connectivity index (χ3v) is 23.6. The van der Waals surface area contributed by atoms with Gasteiger partial charge in [0.05, 0.1) is 39.4 Å². The molecule has 0 saturated carbocycles. The molecule has 16 rings (SSSR count). The van der Waals surface area contributed by atoms with Crippen LogP contribution in [-0.2, 0) is 0 Å². The number of benzene rings is 16. The normalized spacial score (nSPS) is 11.1. The topological polar surface area (TPSA) is 54.1 Å². The van der Waals surface area contributed by atoms with Crippen molar-refractivity contribution in [2.45, 2.75) is 53.1 Å². The van der Waals surface area contributed by atoms with Crippen molar-refractivity contribution in [3.63, 3.8) is 0 Å². The third kappa shape index (κ3) is 13.3. The monoisotopic (exact) mass is 1360 g/mol. The molecule has 104 heavy (non-hydrogen) atoms. The molecule has 0 N–H and O–H groups in total. The van der Waals surface area contributed by atoms with E-state index in [0.717, 1.165) is 89.4 Å². The van der Waals surface area contributed by atoms with Crippen LogP contribution in [0.4, 0.5) is 34.1 Å². The van der Waals surface area contributed by atoms with Crippen molar-refractivity contribution in [1.29, 1.82) is 10.5 Å². The number of rotatable bonds is 8. The second-order valence-electron chi connectivity index (χ2n) is 28.6. The number of anilines is 6. The summed E-state index contributed by atoms with van der Waals surface area (Å²) < 4.78 is 0. The highest BCUT2D eigenvalue weighted by atomic mass is 28.3. The van der Waals surface area contributed by atoms with E-state index < -0.39 is 16.1 Å². The first-order chi connectivity index (χ1) is 50.6. The molecule has 0 unspecified atom stereocenters. The Balaban J connectivity index is 0.000000183. The number of para-hydroxylation sites is 4. The van der Waals surface area contributed by atoms with Gasteiger partial charge in [-0.05, 0) is 259 Å². The molecule has 0 amide bonds. The maximum absolute atomic E-state index is 9.15. The van der Waals surface area contributed by atoms with E-state index in [2.05, 4.69) is 365 Å². The van der Waals surface area contributed by atoms with E-state index in [9.17, 15) is 0 Å². The summed E-state index contributed by atoms with van der Waals surface area (Å²) in [5, 5.41) is 36.0. The maximum Gasteiger partial charge on any atom is 0.0991 e. The molecule has 492 valence electrons. The highest BCUT2D eigenvalue weighted by Crippen LogP contribution is 2.42. The Bertz CT molecular complexity index is 6230. The molecule has 0 aliphatic carbocycles. The smallest absolute Gasteiger partial charge is 0.0991 e. The summed E-state index contributed by atoms with van der Waals surface area (Å²) in [7, 11) is -3.52. The molecular formula is C98H72N4Si2. The Morgan fingerprint density at radius 2 is 0.452 bits per heavy atom. The van der Waals surface area contributed by atoms with Crippen molar-refractivity contribution in [2.24, 2.45) is 0 Å². The minimum atomic E-state index is -1.80. The lowest BCUT2D eigenvalue weighted by Gasteiger charge is -2.25. The standard InChI is InChI=1S/C60H46N2Si.C38H26N2Si/c1-43-41-46(31-25-44-27-33-52(34-28-44)61(48-17-9-5-10-18-48)49-19-11-6-12-20-49)55-39-40-57-58(63(2,3)4)42-47(56-38-37-54(43)59(55)60(56)57)32-26-45-29-35-53(36-30-45)62(50-21-13-7-14-22-50)51-23-15-8-16-24-51;1-25-21-30(15-13-26-5-9-28(23-39)10-6-26)33-19-20-35-36(41(2,3)4)22-31(34-18-17-32(25)37(33)38(34)35)16-14-27-7-11-29(24-40)12-8-27/h5-24,27-30,33-42H,1-4H3;5-12,17-22H,1-4H3. The van der Waals surface area contributed by atoms with Crippen LogP contribution in [0.15, 0.2) is 291 Å². The second-order valence-corrected chi connectivity index (χ2v) is 38.6. The Morgan fingerprint density at radius 3 is 0.721 bits per heavy atom. The fourth-order valence-corrected chi connectivity index (χ4v) is 17.6. The molecule has 0 atom stereocenters. The van der Waals surface area contributed by atoms with Crippen LogP contribution in [0.1, 0.15) is 66.8 Å². The molecule has 0 fully saturated rings. The van der Waals surface area contributed by atoms with Crippen molar-refractivity contribution >= 4 is 125 Å². The fourth-order valence-electron chi connectivity index (χ4n) is 14.4. The Labute approximate surface area is 612 Å². The van der Waals surface area contributed by atoms with Crippen LogP contribution < -0.4 is 20.2 Å². The molecule has 6 heteroatoms. The van der Waals surface area contributed by atoms with Gasteiger partial charge in [0.1, 0.15) is 0 Å². The molecule has 0 bridgehead atoms.